The molecule has 1 N–H and O–H groups in total. The van der Waals surface area contributed by atoms with Crippen molar-refractivity contribution in [2.45, 2.75) is 33.9 Å². The highest BCUT2D eigenvalue weighted by Gasteiger charge is 2.28. The summed E-state index contributed by atoms with van der Waals surface area (Å²) in [5.74, 6) is -0.411. The van der Waals surface area contributed by atoms with E-state index in [-0.39, 0.29) is 41.1 Å². The lowest BCUT2D eigenvalue weighted by Gasteiger charge is -2.07. The van der Waals surface area contributed by atoms with Crippen LogP contribution in [-0.2, 0) is 16.2 Å². The molecule has 0 aliphatic rings. The number of aromatic nitrogens is 2. The molecule has 1 amide bonds. The molecular formula is C24H27N3O7S. The molecule has 0 bridgehead atoms. The second-order valence-electron chi connectivity index (χ2n) is 7.26. The first-order valence-corrected chi connectivity index (χ1v) is 11.8. The Kier molecular flexibility index (Phi) is 8.85. The van der Waals surface area contributed by atoms with Crippen molar-refractivity contribution in [3.05, 3.63) is 58.2 Å². The Bertz CT molecular complexity index is 1180. The fourth-order valence-electron chi connectivity index (χ4n) is 3.04. The van der Waals surface area contributed by atoms with Gasteiger partial charge in [0.2, 0.25) is 0 Å². The number of anilines is 1. The van der Waals surface area contributed by atoms with Crippen molar-refractivity contribution in [2.24, 2.45) is 0 Å². The van der Waals surface area contributed by atoms with Gasteiger partial charge in [-0.3, -0.25) is 4.79 Å². The van der Waals surface area contributed by atoms with Gasteiger partial charge in [0.25, 0.3) is 5.91 Å². The minimum Gasteiger partial charge on any atom is -0.497 e. The number of nitrogens with zero attached hydrogens (tertiary/aromatic N) is 2. The highest BCUT2D eigenvalue weighted by molar-refractivity contribution is 7.18. The zero-order valence-electron chi connectivity index (χ0n) is 20.0. The van der Waals surface area contributed by atoms with Crippen LogP contribution in [0.15, 0.2) is 36.5 Å². The number of esters is 2. The van der Waals surface area contributed by atoms with Crippen LogP contribution in [0.4, 0.5) is 5.00 Å². The fraction of sp³-hybridized carbons (Fsp3) is 0.333. The summed E-state index contributed by atoms with van der Waals surface area (Å²) in [5.41, 5.74) is 0.630. The summed E-state index contributed by atoms with van der Waals surface area (Å²) >= 11 is 0.959. The van der Waals surface area contributed by atoms with Crippen LogP contribution in [0.3, 0.4) is 0 Å². The molecule has 0 atom stereocenters. The topological polar surface area (TPSA) is 118 Å². The summed E-state index contributed by atoms with van der Waals surface area (Å²) in [6.07, 6.45) is 2.23. The van der Waals surface area contributed by atoms with Crippen molar-refractivity contribution in [3.63, 3.8) is 0 Å². The monoisotopic (exact) mass is 501 g/mol. The number of hydrogen-bond donors (Lipinski definition) is 1. The van der Waals surface area contributed by atoms with Gasteiger partial charge in [0.1, 0.15) is 21.4 Å². The van der Waals surface area contributed by atoms with Crippen LogP contribution in [0, 0.1) is 6.92 Å². The summed E-state index contributed by atoms with van der Waals surface area (Å²) < 4.78 is 22.6. The summed E-state index contributed by atoms with van der Waals surface area (Å²) in [7, 11) is 1.58. The Hall–Kier alpha value is -3.86. The molecule has 10 nitrogen and oxygen atoms in total. The average molecular weight is 502 g/mol. The maximum atomic E-state index is 12.9. The van der Waals surface area contributed by atoms with Gasteiger partial charge in [-0.2, -0.15) is 5.10 Å². The number of methoxy groups -OCH3 is 1. The summed E-state index contributed by atoms with van der Waals surface area (Å²) in [5, 5.41) is 7.10. The van der Waals surface area contributed by atoms with Crippen molar-refractivity contribution in [3.8, 4) is 11.5 Å². The zero-order chi connectivity index (χ0) is 25.4. The Labute approximate surface area is 206 Å². The predicted octanol–water partition coefficient (Wildman–Crippen LogP) is 4.29. The first-order chi connectivity index (χ1) is 16.9. The van der Waals surface area contributed by atoms with E-state index < -0.39 is 17.8 Å². The molecule has 0 unspecified atom stereocenters. The minimum atomic E-state index is -0.620. The second kappa shape index (κ2) is 12.0. The molecule has 186 valence electrons. The van der Waals surface area contributed by atoms with E-state index in [0.29, 0.717) is 23.5 Å². The third kappa shape index (κ3) is 6.38. The van der Waals surface area contributed by atoms with Crippen molar-refractivity contribution in [2.75, 3.05) is 25.6 Å². The number of ether oxygens (including phenoxy) is 4. The lowest BCUT2D eigenvalue weighted by atomic mass is 10.1. The second-order valence-corrected chi connectivity index (χ2v) is 8.28. The Morgan fingerprint density at radius 1 is 1.03 bits per heavy atom. The van der Waals surface area contributed by atoms with Gasteiger partial charge in [-0.1, -0.05) is 6.92 Å². The zero-order valence-corrected chi connectivity index (χ0v) is 20.8. The van der Waals surface area contributed by atoms with Crippen LogP contribution in [0.25, 0.3) is 0 Å². The highest BCUT2D eigenvalue weighted by atomic mass is 32.1. The Morgan fingerprint density at radius 3 is 2.40 bits per heavy atom. The first-order valence-electron chi connectivity index (χ1n) is 11.0. The molecule has 35 heavy (non-hydrogen) atoms. The van der Waals surface area contributed by atoms with Gasteiger partial charge < -0.3 is 24.3 Å². The third-order valence-electron chi connectivity index (χ3n) is 4.77. The average Bonchev–Trinajstić information content (AvgIpc) is 3.46. The molecule has 2 aromatic heterocycles. The summed E-state index contributed by atoms with van der Waals surface area (Å²) in [4.78, 5) is 38.1. The lowest BCUT2D eigenvalue weighted by Crippen LogP contribution is -2.16. The van der Waals surface area contributed by atoms with E-state index in [1.54, 1.807) is 51.4 Å². The van der Waals surface area contributed by atoms with Crippen LogP contribution in [0.5, 0.6) is 11.5 Å². The van der Waals surface area contributed by atoms with Crippen LogP contribution in [0.2, 0.25) is 0 Å². The standard InChI is InChI=1S/C24H27N3O7S/c1-5-13-33-23(29)19-15(3)20(24(30)32-6-2)35-22(19)25-21(28)18-11-12-27(26-18)14-34-17-9-7-16(31-4)8-10-17/h7-12H,5-6,13-14H2,1-4H3,(H,25,28). The quantitative estimate of drug-likeness (QED) is 0.387. The molecule has 2 heterocycles. The number of hydrogen-bond acceptors (Lipinski definition) is 9. The van der Waals surface area contributed by atoms with Crippen molar-refractivity contribution in [1.82, 2.24) is 9.78 Å². The molecule has 0 spiro atoms. The maximum Gasteiger partial charge on any atom is 0.348 e. The molecule has 0 radical (unpaired) electrons. The predicted molar refractivity (Wildman–Crippen MR) is 129 cm³/mol. The smallest absolute Gasteiger partial charge is 0.348 e. The molecule has 3 aromatic rings. The van der Waals surface area contributed by atoms with Crippen LogP contribution >= 0.6 is 11.3 Å². The molecule has 0 fully saturated rings. The van der Waals surface area contributed by atoms with Gasteiger partial charge in [0.15, 0.2) is 12.4 Å². The van der Waals surface area contributed by atoms with E-state index in [1.165, 1.54) is 10.7 Å². The van der Waals surface area contributed by atoms with E-state index in [4.69, 9.17) is 18.9 Å². The van der Waals surface area contributed by atoms with E-state index in [9.17, 15) is 14.4 Å². The number of thiophene rings is 1. The van der Waals surface area contributed by atoms with Gasteiger partial charge in [-0.15, -0.1) is 11.3 Å². The molecule has 11 heteroatoms. The molecule has 0 saturated heterocycles. The molecule has 0 aliphatic carbocycles. The highest BCUT2D eigenvalue weighted by Crippen LogP contribution is 2.34. The molecule has 3 rings (SSSR count). The van der Waals surface area contributed by atoms with E-state index in [0.717, 1.165) is 11.3 Å². The van der Waals surface area contributed by atoms with Gasteiger partial charge in [-0.05, 0) is 56.2 Å². The number of carbonyl (C=O) groups is 3. The van der Waals surface area contributed by atoms with Crippen LogP contribution in [-0.4, -0.2) is 47.9 Å². The SMILES string of the molecule is CCCOC(=O)c1c(NC(=O)c2ccn(COc3ccc(OC)cc3)n2)sc(C(=O)OCC)c1C. The van der Waals surface area contributed by atoms with Crippen LogP contribution < -0.4 is 14.8 Å². The number of amides is 1. The van der Waals surface area contributed by atoms with E-state index in [2.05, 4.69) is 10.4 Å². The first kappa shape index (κ1) is 25.8. The largest absolute Gasteiger partial charge is 0.497 e. The van der Waals surface area contributed by atoms with E-state index in [1.807, 2.05) is 6.92 Å². The molecule has 0 aliphatic heterocycles. The van der Waals surface area contributed by atoms with Gasteiger partial charge in [0, 0.05) is 6.20 Å². The Balaban J connectivity index is 1.74. The van der Waals surface area contributed by atoms with Gasteiger partial charge >= 0.3 is 11.9 Å². The molecular weight excluding hydrogens is 474 g/mol. The number of rotatable bonds is 11. The maximum absolute atomic E-state index is 12.9. The normalized spacial score (nSPS) is 10.5. The summed E-state index contributed by atoms with van der Waals surface area (Å²) in [6, 6.07) is 8.58. The Morgan fingerprint density at radius 2 is 1.74 bits per heavy atom. The van der Waals surface area contributed by atoms with Crippen molar-refractivity contribution < 1.29 is 33.3 Å². The number of benzene rings is 1. The number of nitrogens with one attached hydrogen (secondary N) is 1. The van der Waals surface area contributed by atoms with Gasteiger partial charge in [-0.25, -0.2) is 14.3 Å². The lowest BCUT2D eigenvalue weighted by molar-refractivity contribution is 0.0506. The fourth-order valence-corrected chi connectivity index (χ4v) is 4.12. The minimum absolute atomic E-state index is 0.0827. The third-order valence-corrected chi connectivity index (χ3v) is 5.96. The van der Waals surface area contributed by atoms with E-state index >= 15 is 0 Å². The van der Waals surface area contributed by atoms with Crippen LogP contribution in [0.1, 0.15) is 56.3 Å². The summed E-state index contributed by atoms with van der Waals surface area (Å²) in [6.45, 7) is 5.66. The van der Waals surface area contributed by atoms with Gasteiger partial charge in [0.05, 0.1) is 25.9 Å². The number of carbonyl (C=O) groups excluding carboxylic acids is 3. The molecule has 1 aromatic carbocycles. The van der Waals surface area contributed by atoms with Crippen molar-refractivity contribution >= 4 is 34.2 Å². The van der Waals surface area contributed by atoms with Crippen molar-refractivity contribution in [1.29, 1.82) is 0 Å². The molecule has 0 saturated carbocycles.